The average molecular weight is 247 g/mol. The van der Waals surface area contributed by atoms with E-state index in [0.29, 0.717) is 0 Å². The predicted octanol–water partition coefficient (Wildman–Crippen LogP) is 4.05. The number of hydrogen-bond acceptors (Lipinski definition) is 1. The number of fused-ring (bicyclic) bond motifs is 6. The van der Waals surface area contributed by atoms with Crippen molar-refractivity contribution in [2.75, 3.05) is 0 Å². The molecule has 0 unspecified atom stereocenters. The standard InChI is InChI=1S/C18H17N/c19-12-9-10-17-15-7-2-1-5-13(15)14-6-3-4-8-16(14)18(17)11-12/h1-2,4-5,7-8,11H,3,6,9-10,19H2. The molecule has 2 aromatic carbocycles. The number of hydrogen-bond donors (Lipinski definition) is 1. The molecule has 94 valence electrons. The van der Waals surface area contributed by atoms with Crippen molar-refractivity contribution in [3.63, 3.8) is 0 Å². The van der Waals surface area contributed by atoms with E-state index in [2.05, 4.69) is 42.5 Å². The van der Waals surface area contributed by atoms with E-state index in [-0.39, 0.29) is 0 Å². The molecule has 0 aromatic heterocycles. The van der Waals surface area contributed by atoms with Crippen LogP contribution in [-0.2, 0) is 12.8 Å². The Bertz CT molecular complexity index is 735. The van der Waals surface area contributed by atoms with Gasteiger partial charge in [0, 0.05) is 5.70 Å². The van der Waals surface area contributed by atoms with E-state index in [1.165, 1.54) is 33.0 Å². The summed E-state index contributed by atoms with van der Waals surface area (Å²) in [4.78, 5) is 0. The van der Waals surface area contributed by atoms with Gasteiger partial charge in [0.1, 0.15) is 0 Å². The topological polar surface area (TPSA) is 26.0 Å². The molecule has 2 aromatic rings. The average Bonchev–Trinajstić information content (AvgIpc) is 2.47. The largest absolute Gasteiger partial charge is 0.402 e. The summed E-state index contributed by atoms with van der Waals surface area (Å²) in [5.41, 5.74) is 12.8. The summed E-state index contributed by atoms with van der Waals surface area (Å²) in [6.45, 7) is 0. The molecule has 0 saturated heterocycles. The summed E-state index contributed by atoms with van der Waals surface area (Å²) in [7, 11) is 0. The summed E-state index contributed by atoms with van der Waals surface area (Å²) in [6.07, 6.45) is 11.1. The lowest BCUT2D eigenvalue weighted by Crippen LogP contribution is -2.10. The Balaban J connectivity index is 2.19. The molecule has 0 bridgehead atoms. The van der Waals surface area contributed by atoms with Gasteiger partial charge in [0.25, 0.3) is 0 Å². The van der Waals surface area contributed by atoms with E-state index in [0.717, 1.165) is 31.4 Å². The second-order valence-corrected chi connectivity index (χ2v) is 5.49. The van der Waals surface area contributed by atoms with E-state index >= 15 is 0 Å². The Morgan fingerprint density at radius 1 is 0.842 bits per heavy atom. The van der Waals surface area contributed by atoms with Crippen LogP contribution in [0.1, 0.15) is 35.1 Å². The van der Waals surface area contributed by atoms with Gasteiger partial charge in [-0.2, -0.15) is 0 Å². The minimum absolute atomic E-state index is 0.986. The molecule has 0 radical (unpaired) electrons. The fourth-order valence-electron chi connectivity index (χ4n) is 3.47. The maximum absolute atomic E-state index is 6.06. The third-order valence-electron chi connectivity index (χ3n) is 4.36. The van der Waals surface area contributed by atoms with Crippen molar-refractivity contribution in [1.82, 2.24) is 0 Å². The maximum atomic E-state index is 6.06. The predicted molar refractivity (Wildman–Crippen MR) is 81.8 cm³/mol. The lowest BCUT2D eigenvalue weighted by Gasteiger charge is -2.24. The molecule has 1 nitrogen and oxygen atoms in total. The second kappa shape index (κ2) is 3.99. The maximum Gasteiger partial charge on any atom is 0.00901 e. The monoisotopic (exact) mass is 247 g/mol. The molecule has 0 aliphatic heterocycles. The van der Waals surface area contributed by atoms with Crippen LogP contribution in [0.25, 0.3) is 22.9 Å². The molecule has 2 aliphatic rings. The van der Waals surface area contributed by atoms with Gasteiger partial charge in [0.2, 0.25) is 0 Å². The minimum atomic E-state index is 0.986. The Kier molecular flexibility index (Phi) is 2.28. The van der Waals surface area contributed by atoms with E-state index in [1.54, 1.807) is 0 Å². The highest BCUT2D eigenvalue weighted by atomic mass is 14.6. The van der Waals surface area contributed by atoms with Gasteiger partial charge < -0.3 is 5.73 Å². The van der Waals surface area contributed by atoms with Gasteiger partial charge in [-0.25, -0.2) is 0 Å². The van der Waals surface area contributed by atoms with Crippen molar-refractivity contribution in [3.05, 3.63) is 58.3 Å². The molecule has 0 heterocycles. The zero-order valence-corrected chi connectivity index (χ0v) is 10.9. The molecule has 2 aliphatic carbocycles. The van der Waals surface area contributed by atoms with Crippen LogP contribution in [0.5, 0.6) is 0 Å². The number of rotatable bonds is 0. The summed E-state index contributed by atoms with van der Waals surface area (Å²) >= 11 is 0. The number of allylic oxidation sites excluding steroid dienone is 2. The van der Waals surface area contributed by atoms with Gasteiger partial charge in [-0.1, -0.05) is 36.4 Å². The van der Waals surface area contributed by atoms with Crippen molar-refractivity contribution in [2.45, 2.75) is 25.7 Å². The quantitative estimate of drug-likeness (QED) is 0.747. The summed E-state index contributed by atoms with van der Waals surface area (Å²) in [5, 5.41) is 2.87. The van der Waals surface area contributed by atoms with E-state index in [4.69, 9.17) is 5.73 Å². The summed E-state index contributed by atoms with van der Waals surface area (Å²) < 4.78 is 0. The Labute approximate surface area is 113 Å². The zero-order valence-electron chi connectivity index (χ0n) is 10.9. The molecular weight excluding hydrogens is 230 g/mol. The molecule has 0 saturated carbocycles. The zero-order chi connectivity index (χ0) is 12.8. The van der Waals surface area contributed by atoms with Gasteiger partial charge in [0.15, 0.2) is 0 Å². The van der Waals surface area contributed by atoms with Gasteiger partial charge >= 0.3 is 0 Å². The van der Waals surface area contributed by atoms with Crippen LogP contribution < -0.4 is 5.73 Å². The normalized spacial score (nSPS) is 16.9. The first kappa shape index (κ1) is 10.9. The molecule has 0 spiro atoms. The second-order valence-electron chi connectivity index (χ2n) is 5.49. The highest BCUT2D eigenvalue weighted by Gasteiger charge is 2.20. The van der Waals surface area contributed by atoms with E-state index in [9.17, 15) is 0 Å². The Hall–Kier alpha value is -2.02. The third kappa shape index (κ3) is 1.54. The first-order valence-electron chi connectivity index (χ1n) is 7.03. The first-order valence-corrected chi connectivity index (χ1v) is 7.03. The van der Waals surface area contributed by atoms with Crippen LogP contribution in [0.3, 0.4) is 0 Å². The first-order chi connectivity index (χ1) is 9.34. The third-order valence-corrected chi connectivity index (χ3v) is 4.36. The number of aryl methyl sites for hydroxylation is 2. The van der Waals surface area contributed by atoms with Crippen LogP contribution in [0.2, 0.25) is 0 Å². The fourth-order valence-corrected chi connectivity index (χ4v) is 3.47. The van der Waals surface area contributed by atoms with Crippen molar-refractivity contribution in [2.24, 2.45) is 5.73 Å². The smallest absolute Gasteiger partial charge is 0.00901 e. The molecule has 1 heteroatoms. The van der Waals surface area contributed by atoms with Crippen LogP contribution >= 0.6 is 0 Å². The van der Waals surface area contributed by atoms with Crippen molar-refractivity contribution >= 4 is 22.9 Å². The SMILES string of the molecule is NC1=Cc2c3c(c4ccccc4c2CC1)CCC=C3. The molecule has 0 amide bonds. The van der Waals surface area contributed by atoms with Crippen LogP contribution in [0.4, 0.5) is 0 Å². The lowest BCUT2D eigenvalue weighted by molar-refractivity contribution is 0.914. The lowest BCUT2D eigenvalue weighted by atomic mass is 9.81. The van der Waals surface area contributed by atoms with Crippen molar-refractivity contribution in [1.29, 1.82) is 0 Å². The molecular formula is C18H17N. The Morgan fingerprint density at radius 2 is 1.58 bits per heavy atom. The molecule has 4 rings (SSSR count). The summed E-state index contributed by atoms with van der Waals surface area (Å²) in [5.74, 6) is 0. The van der Waals surface area contributed by atoms with Crippen LogP contribution in [0.15, 0.2) is 36.0 Å². The fraction of sp³-hybridized carbons (Fsp3) is 0.222. The van der Waals surface area contributed by atoms with Gasteiger partial charge in [0.05, 0.1) is 0 Å². The van der Waals surface area contributed by atoms with Gasteiger partial charge in [-0.15, -0.1) is 0 Å². The van der Waals surface area contributed by atoms with Crippen LogP contribution in [0, 0.1) is 0 Å². The highest BCUT2D eigenvalue weighted by Crippen LogP contribution is 2.38. The molecule has 0 atom stereocenters. The Morgan fingerprint density at radius 3 is 2.37 bits per heavy atom. The minimum Gasteiger partial charge on any atom is -0.402 e. The number of nitrogens with two attached hydrogens (primary N) is 1. The molecule has 0 fully saturated rings. The molecule has 2 N–H and O–H groups in total. The highest BCUT2D eigenvalue weighted by molar-refractivity contribution is 5.96. The summed E-state index contributed by atoms with van der Waals surface area (Å²) in [6, 6.07) is 8.84. The van der Waals surface area contributed by atoms with Gasteiger partial charge in [-0.05, 0) is 64.8 Å². The van der Waals surface area contributed by atoms with Crippen LogP contribution in [-0.4, -0.2) is 0 Å². The van der Waals surface area contributed by atoms with Crippen molar-refractivity contribution in [3.8, 4) is 0 Å². The van der Waals surface area contributed by atoms with Crippen molar-refractivity contribution < 1.29 is 0 Å². The van der Waals surface area contributed by atoms with E-state index in [1.807, 2.05) is 0 Å². The van der Waals surface area contributed by atoms with E-state index < -0.39 is 0 Å². The molecule has 19 heavy (non-hydrogen) atoms. The van der Waals surface area contributed by atoms with Gasteiger partial charge in [-0.3, -0.25) is 0 Å². The number of benzene rings is 2.